The van der Waals surface area contributed by atoms with Gasteiger partial charge in [-0.15, -0.1) is 0 Å². The van der Waals surface area contributed by atoms with Crippen molar-refractivity contribution < 1.29 is 14.3 Å². The Morgan fingerprint density at radius 1 is 1.19 bits per heavy atom. The molecule has 2 N–H and O–H groups in total. The predicted octanol–water partition coefficient (Wildman–Crippen LogP) is 2.81. The van der Waals surface area contributed by atoms with E-state index in [9.17, 15) is 4.79 Å². The molecule has 0 spiro atoms. The summed E-state index contributed by atoms with van der Waals surface area (Å²) < 4.78 is 11.1. The number of rotatable bonds is 8. The van der Waals surface area contributed by atoms with Gasteiger partial charge in [0, 0.05) is 18.7 Å². The van der Waals surface area contributed by atoms with Gasteiger partial charge < -0.3 is 14.8 Å². The van der Waals surface area contributed by atoms with Crippen molar-refractivity contribution in [3.05, 3.63) is 60.2 Å². The minimum absolute atomic E-state index is 0.0380. The van der Waals surface area contributed by atoms with Crippen LogP contribution < -0.4 is 15.5 Å². The molecule has 6 nitrogen and oxygen atoms in total. The topological polar surface area (TPSA) is 72.0 Å². The molecule has 2 aromatic carbocycles. The molecule has 1 atom stereocenters. The van der Waals surface area contributed by atoms with Gasteiger partial charge >= 0.3 is 0 Å². The number of nitrogens with zero attached hydrogens (tertiary/aromatic N) is 1. The number of carbonyl (C=O) groups is 1. The summed E-state index contributed by atoms with van der Waals surface area (Å²) in [6.45, 7) is 1.27. The van der Waals surface area contributed by atoms with Gasteiger partial charge in [0.05, 0.1) is 18.0 Å². The van der Waals surface area contributed by atoms with Gasteiger partial charge in [0.2, 0.25) is 0 Å². The van der Waals surface area contributed by atoms with Crippen LogP contribution in [0.4, 0.5) is 5.69 Å². The van der Waals surface area contributed by atoms with E-state index in [2.05, 4.69) is 15.8 Å². The maximum atomic E-state index is 11.9. The molecular weight excluding hydrogens is 330 g/mol. The zero-order chi connectivity index (χ0) is 18.0. The molecule has 0 bridgehead atoms. The number of benzene rings is 2. The van der Waals surface area contributed by atoms with Gasteiger partial charge in [-0.25, -0.2) is 0 Å². The van der Waals surface area contributed by atoms with E-state index < -0.39 is 0 Å². The zero-order valence-corrected chi connectivity index (χ0v) is 14.6. The second kappa shape index (κ2) is 9.58. The van der Waals surface area contributed by atoms with Crippen molar-refractivity contribution >= 4 is 17.8 Å². The van der Waals surface area contributed by atoms with Crippen LogP contribution in [0.5, 0.6) is 5.75 Å². The third-order valence-corrected chi connectivity index (χ3v) is 4.00. The molecule has 3 rings (SSSR count). The van der Waals surface area contributed by atoms with E-state index in [-0.39, 0.29) is 18.6 Å². The number of hydrogen-bond acceptors (Lipinski definition) is 5. The number of carbonyl (C=O) groups excluding carboxylic acids is 1. The van der Waals surface area contributed by atoms with Crippen LogP contribution in [0.15, 0.2) is 59.7 Å². The van der Waals surface area contributed by atoms with Gasteiger partial charge in [-0.3, -0.25) is 10.2 Å². The summed E-state index contributed by atoms with van der Waals surface area (Å²) in [7, 11) is 0. The van der Waals surface area contributed by atoms with E-state index in [1.807, 2.05) is 54.6 Å². The Hall–Kier alpha value is -2.86. The van der Waals surface area contributed by atoms with Crippen LogP contribution in [0.2, 0.25) is 0 Å². The highest BCUT2D eigenvalue weighted by atomic mass is 16.5. The van der Waals surface area contributed by atoms with Crippen LogP contribution in [0.1, 0.15) is 18.4 Å². The van der Waals surface area contributed by atoms with Crippen LogP contribution >= 0.6 is 0 Å². The fourth-order valence-electron chi connectivity index (χ4n) is 2.63. The molecule has 1 unspecified atom stereocenters. The molecule has 0 saturated carbocycles. The normalized spacial score (nSPS) is 16.5. The van der Waals surface area contributed by atoms with Gasteiger partial charge in [-0.2, -0.15) is 5.10 Å². The van der Waals surface area contributed by atoms with E-state index in [4.69, 9.17) is 9.47 Å². The number of hydrazone groups is 1. The summed E-state index contributed by atoms with van der Waals surface area (Å²) in [5.74, 6) is 0.452. The second-order valence-corrected chi connectivity index (χ2v) is 6.00. The van der Waals surface area contributed by atoms with Gasteiger partial charge in [-0.1, -0.05) is 30.3 Å². The Morgan fingerprint density at radius 2 is 2.00 bits per heavy atom. The first kappa shape index (κ1) is 17.9. The Morgan fingerprint density at radius 3 is 2.81 bits per heavy atom. The SMILES string of the molecule is O=C(COc1ccccc1C=NNc1ccccc1)NCC1CCCO1. The second-order valence-electron chi connectivity index (χ2n) is 6.00. The summed E-state index contributed by atoms with van der Waals surface area (Å²) >= 11 is 0. The van der Waals surface area contributed by atoms with E-state index in [0.717, 1.165) is 30.7 Å². The molecule has 0 aliphatic carbocycles. The maximum Gasteiger partial charge on any atom is 0.258 e. The number of amides is 1. The third kappa shape index (κ3) is 5.60. The van der Waals surface area contributed by atoms with E-state index in [1.54, 1.807) is 6.21 Å². The van der Waals surface area contributed by atoms with Crippen molar-refractivity contribution in [1.82, 2.24) is 5.32 Å². The van der Waals surface area contributed by atoms with Crippen molar-refractivity contribution in [3.63, 3.8) is 0 Å². The molecule has 136 valence electrons. The number of para-hydroxylation sites is 2. The van der Waals surface area contributed by atoms with Crippen LogP contribution in [0.3, 0.4) is 0 Å². The Bertz CT molecular complexity index is 728. The summed E-state index contributed by atoms with van der Waals surface area (Å²) in [5, 5.41) is 7.06. The highest BCUT2D eigenvalue weighted by Gasteiger charge is 2.16. The first-order chi connectivity index (χ1) is 12.8. The fraction of sp³-hybridized carbons (Fsp3) is 0.300. The minimum Gasteiger partial charge on any atom is -0.483 e. The summed E-state index contributed by atoms with van der Waals surface area (Å²) in [4.78, 5) is 11.9. The van der Waals surface area contributed by atoms with Crippen LogP contribution in [-0.2, 0) is 9.53 Å². The Balaban J connectivity index is 1.49. The van der Waals surface area contributed by atoms with Crippen molar-refractivity contribution in [2.24, 2.45) is 5.10 Å². The fourth-order valence-corrected chi connectivity index (χ4v) is 2.63. The minimum atomic E-state index is -0.158. The summed E-state index contributed by atoms with van der Waals surface area (Å²) in [6.07, 6.45) is 3.85. The lowest BCUT2D eigenvalue weighted by Crippen LogP contribution is -2.35. The van der Waals surface area contributed by atoms with Crippen molar-refractivity contribution in [3.8, 4) is 5.75 Å². The number of ether oxygens (including phenoxy) is 2. The van der Waals surface area contributed by atoms with Crippen LogP contribution in [-0.4, -0.2) is 38.0 Å². The van der Waals surface area contributed by atoms with Crippen molar-refractivity contribution in [1.29, 1.82) is 0 Å². The number of hydrogen-bond donors (Lipinski definition) is 2. The summed E-state index contributed by atoms with van der Waals surface area (Å²) in [6, 6.07) is 17.1. The van der Waals surface area contributed by atoms with Gasteiger partial charge in [0.15, 0.2) is 6.61 Å². The van der Waals surface area contributed by atoms with Gasteiger partial charge in [-0.05, 0) is 37.1 Å². The van der Waals surface area contributed by atoms with Gasteiger partial charge in [0.25, 0.3) is 5.91 Å². The highest BCUT2D eigenvalue weighted by molar-refractivity contribution is 5.84. The lowest BCUT2D eigenvalue weighted by atomic mass is 10.2. The Labute approximate surface area is 153 Å². The zero-order valence-electron chi connectivity index (χ0n) is 14.6. The first-order valence-electron chi connectivity index (χ1n) is 8.75. The smallest absolute Gasteiger partial charge is 0.258 e. The highest BCUT2D eigenvalue weighted by Crippen LogP contribution is 2.16. The molecule has 1 aliphatic rings. The molecule has 6 heteroatoms. The Kier molecular flexibility index (Phi) is 6.61. The standard InChI is InChI=1S/C20H23N3O3/c24-20(21-14-18-10-6-12-25-18)15-26-19-11-5-4-7-16(19)13-22-23-17-8-2-1-3-9-17/h1-5,7-9,11,13,18,23H,6,10,12,14-15H2,(H,21,24). The van der Waals surface area contributed by atoms with Crippen LogP contribution in [0, 0.1) is 0 Å². The molecule has 0 radical (unpaired) electrons. The molecule has 26 heavy (non-hydrogen) atoms. The number of nitrogens with one attached hydrogen (secondary N) is 2. The van der Waals surface area contributed by atoms with Crippen molar-refractivity contribution in [2.75, 3.05) is 25.2 Å². The van der Waals surface area contributed by atoms with Gasteiger partial charge in [0.1, 0.15) is 5.75 Å². The van der Waals surface area contributed by atoms with Crippen LogP contribution in [0.25, 0.3) is 0 Å². The maximum absolute atomic E-state index is 11.9. The third-order valence-electron chi connectivity index (χ3n) is 4.00. The molecule has 1 fully saturated rings. The monoisotopic (exact) mass is 353 g/mol. The molecule has 1 saturated heterocycles. The quantitative estimate of drug-likeness (QED) is 0.565. The van der Waals surface area contributed by atoms with E-state index >= 15 is 0 Å². The first-order valence-corrected chi connectivity index (χ1v) is 8.75. The molecule has 1 heterocycles. The predicted molar refractivity (Wildman–Crippen MR) is 102 cm³/mol. The molecule has 1 amide bonds. The summed E-state index contributed by atoms with van der Waals surface area (Å²) in [5.41, 5.74) is 4.65. The molecule has 1 aliphatic heterocycles. The van der Waals surface area contributed by atoms with E-state index in [0.29, 0.717) is 12.3 Å². The lowest BCUT2D eigenvalue weighted by molar-refractivity contribution is -0.123. The average Bonchev–Trinajstić information content (AvgIpc) is 3.20. The number of anilines is 1. The average molecular weight is 353 g/mol. The molecule has 0 aromatic heterocycles. The van der Waals surface area contributed by atoms with Crippen molar-refractivity contribution in [2.45, 2.75) is 18.9 Å². The molecular formula is C20H23N3O3. The van der Waals surface area contributed by atoms with E-state index in [1.165, 1.54) is 0 Å². The lowest BCUT2D eigenvalue weighted by Gasteiger charge is -2.12. The largest absolute Gasteiger partial charge is 0.483 e. The molecule has 2 aromatic rings.